The van der Waals surface area contributed by atoms with Crippen molar-refractivity contribution in [2.75, 3.05) is 46.5 Å². The van der Waals surface area contributed by atoms with Crippen LogP contribution in [0.25, 0.3) is 0 Å². The molecule has 2 aromatic rings. The Balaban J connectivity index is 1.57. The molecule has 1 amide bonds. The number of amides is 1. The monoisotopic (exact) mass is 490 g/mol. The summed E-state index contributed by atoms with van der Waals surface area (Å²) in [6.07, 6.45) is 0.0408. The van der Waals surface area contributed by atoms with Crippen molar-refractivity contribution in [3.63, 3.8) is 0 Å². The third kappa shape index (κ3) is 7.34. The summed E-state index contributed by atoms with van der Waals surface area (Å²) in [5.74, 6) is 1.17. The lowest BCUT2D eigenvalue weighted by Crippen LogP contribution is -2.52. The molecule has 8 heteroatoms. The zero-order chi connectivity index (χ0) is 24.5. The van der Waals surface area contributed by atoms with Crippen molar-refractivity contribution >= 4 is 17.5 Å². The average Bonchev–Trinajstić information content (AvgIpc) is 2.86. The fourth-order valence-corrected chi connectivity index (χ4v) is 4.14. The summed E-state index contributed by atoms with van der Waals surface area (Å²) in [6.45, 7) is 7.14. The zero-order valence-electron chi connectivity index (χ0n) is 20.2. The molecule has 1 fully saturated rings. The summed E-state index contributed by atoms with van der Waals surface area (Å²) in [5.41, 5.74) is 0.549. The summed E-state index contributed by atoms with van der Waals surface area (Å²) in [6, 6.07) is 14.4. The summed E-state index contributed by atoms with van der Waals surface area (Å²) in [5, 5.41) is 11.1. The molecule has 3 unspecified atom stereocenters. The van der Waals surface area contributed by atoms with Crippen LogP contribution in [0.2, 0.25) is 5.02 Å². The van der Waals surface area contributed by atoms with E-state index < -0.39 is 6.10 Å². The van der Waals surface area contributed by atoms with Gasteiger partial charge in [-0.3, -0.25) is 9.69 Å². The van der Waals surface area contributed by atoms with Gasteiger partial charge in [0, 0.05) is 37.2 Å². The molecule has 7 nitrogen and oxygen atoms in total. The number of benzene rings is 2. The number of ether oxygens (including phenoxy) is 3. The fraction of sp³-hybridized carbons (Fsp3) is 0.500. The van der Waals surface area contributed by atoms with Crippen LogP contribution in [0.15, 0.2) is 48.5 Å². The normalized spacial score (nSPS) is 18.2. The minimum absolute atomic E-state index is 0.0507. The third-order valence-corrected chi connectivity index (χ3v) is 6.32. The molecule has 3 atom stereocenters. The number of rotatable bonds is 11. The first kappa shape index (κ1) is 26.3. The number of carbonyl (C=O) groups excluding carboxylic acids is 1. The maximum absolute atomic E-state index is 13.4. The van der Waals surface area contributed by atoms with Crippen LogP contribution in [-0.4, -0.2) is 85.6 Å². The number of methoxy groups -OCH3 is 1. The van der Waals surface area contributed by atoms with Crippen molar-refractivity contribution in [3.05, 3.63) is 59.1 Å². The van der Waals surface area contributed by atoms with E-state index >= 15 is 0 Å². The van der Waals surface area contributed by atoms with Crippen molar-refractivity contribution in [3.8, 4) is 11.5 Å². The van der Waals surface area contributed by atoms with Crippen LogP contribution in [0.1, 0.15) is 30.6 Å². The summed E-state index contributed by atoms with van der Waals surface area (Å²) in [4.78, 5) is 17.4. The van der Waals surface area contributed by atoms with Crippen LogP contribution in [0.4, 0.5) is 0 Å². The second-order valence-electron chi connectivity index (χ2n) is 8.59. The number of nitrogens with zero attached hydrogens (tertiary/aromatic N) is 2. The number of hydrogen-bond donors (Lipinski definition) is 1. The molecule has 0 spiro atoms. The molecule has 2 aromatic carbocycles. The summed E-state index contributed by atoms with van der Waals surface area (Å²) < 4.78 is 17.1. The quantitative estimate of drug-likeness (QED) is 0.517. The Morgan fingerprint density at radius 2 is 2.00 bits per heavy atom. The van der Waals surface area contributed by atoms with Crippen molar-refractivity contribution in [2.45, 2.75) is 38.5 Å². The molecule has 1 N–H and O–H groups in total. The molecule has 0 bridgehead atoms. The van der Waals surface area contributed by atoms with E-state index in [0.717, 1.165) is 13.0 Å². The van der Waals surface area contributed by atoms with Crippen LogP contribution in [0.5, 0.6) is 11.5 Å². The second kappa shape index (κ2) is 13.0. The van der Waals surface area contributed by atoms with Crippen LogP contribution in [0.3, 0.4) is 0 Å². The lowest BCUT2D eigenvalue weighted by Gasteiger charge is -2.38. The van der Waals surface area contributed by atoms with Gasteiger partial charge in [-0.1, -0.05) is 30.7 Å². The van der Waals surface area contributed by atoms with Crippen molar-refractivity contribution in [2.24, 2.45) is 0 Å². The molecule has 1 heterocycles. The number of para-hydroxylation sites is 1. The smallest absolute Gasteiger partial charge is 0.257 e. The van der Waals surface area contributed by atoms with Gasteiger partial charge in [0.1, 0.15) is 24.2 Å². The van der Waals surface area contributed by atoms with Gasteiger partial charge in [-0.2, -0.15) is 0 Å². The van der Waals surface area contributed by atoms with Crippen LogP contribution in [-0.2, 0) is 4.74 Å². The Labute approximate surface area is 207 Å². The average molecular weight is 491 g/mol. The molecule has 0 aromatic heterocycles. The lowest BCUT2D eigenvalue weighted by atomic mass is 10.1. The van der Waals surface area contributed by atoms with Gasteiger partial charge >= 0.3 is 0 Å². The number of aliphatic hydroxyl groups is 1. The van der Waals surface area contributed by atoms with Crippen molar-refractivity contribution in [1.82, 2.24) is 9.80 Å². The van der Waals surface area contributed by atoms with Gasteiger partial charge in [0.15, 0.2) is 0 Å². The number of aliphatic hydroxyl groups excluding tert-OH is 1. The van der Waals surface area contributed by atoms with Gasteiger partial charge in [0.2, 0.25) is 0 Å². The highest BCUT2D eigenvalue weighted by Crippen LogP contribution is 2.22. The van der Waals surface area contributed by atoms with Gasteiger partial charge in [-0.15, -0.1) is 0 Å². The number of morpholine rings is 1. The van der Waals surface area contributed by atoms with Crippen molar-refractivity contribution in [1.29, 1.82) is 0 Å². The first-order valence-corrected chi connectivity index (χ1v) is 12.1. The molecule has 1 aliphatic heterocycles. The van der Waals surface area contributed by atoms with E-state index in [0.29, 0.717) is 48.3 Å². The first-order valence-electron chi connectivity index (χ1n) is 11.8. The van der Waals surface area contributed by atoms with E-state index in [1.807, 2.05) is 24.0 Å². The molecule has 0 aliphatic carbocycles. The molecule has 0 radical (unpaired) electrons. The molecule has 0 saturated carbocycles. The predicted octanol–water partition coefficient (Wildman–Crippen LogP) is 3.73. The largest absolute Gasteiger partial charge is 0.496 e. The SMILES string of the molecule is CCC(C)N(CC1CN(CC(O)COc2ccc(Cl)cc2)CCO1)C(=O)c1ccccc1OC. The first-order chi connectivity index (χ1) is 16.4. The van der Waals surface area contributed by atoms with E-state index in [2.05, 4.69) is 11.8 Å². The van der Waals surface area contributed by atoms with Crippen LogP contribution >= 0.6 is 11.6 Å². The van der Waals surface area contributed by atoms with Gasteiger partial charge in [0.05, 0.1) is 25.4 Å². The Kier molecular flexibility index (Phi) is 10.0. The molecule has 34 heavy (non-hydrogen) atoms. The minimum Gasteiger partial charge on any atom is -0.496 e. The number of carbonyl (C=O) groups is 1. The van der Waals surface area contributed by atoms with Crippen molar-refractivity contribution < 1.29 is 24.1 Å². The second-order valence-corrected chi connectivity index (χ2v) is 9.02. The number of β-amino-alcohol motifs (C(OH)–C–C–N with tert-alkyl or cyclic N) is 1. The van der Waals surface area contributed by atoms with Gasteiger partial charge in [-0.25, -0.2) is 0 Å². The highest BCUT2D eigenvalue weighted by atomic mass is 35.5. The topological polar surface area (TPSA) is 71.5 Å². The Hall–Kier alpha value is -2.32. The number of halogens is 1. The lowest BCUT2D eigenvalue weighted by molar-refractivity contribution is -0.0564. The van der Waals surface area contributed by atoms with Gasteiger partial charge < -0.3 is 24.2 Å². The molecule has 186 valence electrons. The van der Waals surface area contributed by atoms with Crippen LogP contribution < -0.4 is 9.47 Å². The van der Waals surface area contributed by atoms with E-state index in [1.165, 1.54) is 0 Å². The van der Waals surface area contributed by atoms with E-state index in [-0.39, 0.29) is 24.7 Å². The molecular formula is C26H35ClN2O5. The maximum atomic E-state index is 13.4. The standard InChI is InChI=1S/C26H35ClN2O5/c1-4-19(2)29(26(31)24-7-5-6-8-25(24)32-3)17-23-16-28(13-14-33-23)15-21(30)18-34-22-11-9-20(27)10-12-22/h5-12,19,21,23,30H,4,13-18H2,1-3H3. The Morgan fingerprint density at radius 3 is 2.71 bits per heavy atom. The van der Waals surface area contributed by atoms with E-state index in [1.54, 1.807) is 43.5 Å². The molecular weight excluding hydrogens is 456 g/mol. The molecule has 1 saturated heterocycles. The van der Waals surface area contributed by atoms with Gasteiger partial charge in [0.25, 0.3) is 5.91 Å². The summed E-state index contributed by atoms with van der Waals surface area (Å²) >= 11 is 5.90. The molecule has 1 aliphatic rings. The highest BCUT2D eigenvalue weighted by molar-refractivity contribution is 6.30. The fourth-order valence-electron chi connectivity index (χ4n) is 4.01. The van der Waals surface area contributed by atoms with E-state index in [9.17, 15) is 9.90 Å². The highest BCUT2D eigenvalue weighted by Gasteiger charge is 2.29. The van der Waals surface area contributed by atoms with E-state index in [4.69, 9.17) is 25.8 Å². The van der Waals surface area contributed by atoms with Gasteiger partial charge in [-0.05, 0) is 49.7 Å². The predicted molar refractivity (Wildman–Crippen MR) is 133 cm³/mol. The minimum atomic E-state index is -0.643. The molecule has 3 rings (SSSR count). The number of hydrogen-bond acceptors (Lipinski definition) is 6. The maximum Gasteiger partial charge on any atom is 0.257 e. The zero-order valence-corrected chi connectivity index (χ0v) is 20.9. The third-order valence-electron chi connectivity index (χ3n) is 6.07. The van der Waals surface area contributed by atoms with Crippen LogP contribution in [0, 0.1) is 0 Å². The Bertz CT molecular complexity index is 910. The summed E-state index contributed by atoms with van der Waals surface area (Å²) in [7, 11) is 1.57. The Morgan fingerprint density at radius 1 is 1.26 bits per heavy atom.